The van der Waals surface area contributed by atoms with Gasteiger partial charge < -0.3 is 15.1 Å². The lowest BCUT2D eigenvalue weighted by molar-refractivity contribution is 0.198. The minimum Gasteiger partial charge on any atom is -0.395 e. The standard InChI is InChI=1S/C15H20N2O2/c1-11(19)14-6-5-12(10-16)9-15(14)17(7-8-18)13-3-2-4-13/h5-6,9,11,13,18-19H,2-4,7-8H2,1H3/t11-/m0/s1. The van der Waals surface area contributed by atoms with E-state index in [9.17, 15) is 10.2 Å². The fourth-order valence-electron chi connectivity index (χ4n) is 2.52. The third-order valence-electron chi connectivity index (χ3n) is 3.78. The minimum absolute atomic E-state index is 0.0759. The topological polar surface area (TPSA) is 67.5 Å². The van der Waals surface area contributed by atoms with E-state index in [1.165, 1.54) is 6.42 Å². The van der Waals surface area contributed by atoms with Gasteiger partial charge in [0.05, 0.1) is 24.3 Å². The van der Waals surface area contributed by atoms with Gasteiger partial charge in [0.1, 0.15) is 0 Å². The molecule has 0 aromatic heterocycles. The molecular formula is C15H20N2O2. The van der Waals surface area contributed by atoms with Crippen molar-refractivity contribution in [2.75, 3.05) is 18.1 Å². The lowest BCUT2D eigenvalue weighted by atomic mass is 9.90. The molecule has 1 aromatic carbocycles. The van der Waals surface area contributed by atoms with Gasteiger partial charge in [-0.05, 0) is 38.3 Å². The number of rotatable bonds is 5. The van der Waals surface area contributed by atoms with Crippen LogP contribution in [0.3, 0.4) is 0 Å². The van der Waals surface area contributed by atoms with E-state index in [0.717, 1.165) is 24.1 Å². The zero-order chi connectivity index (χ0) is 13.8. The van der Waals surface area contributed by atoms with E-state index >= 15 is 0 Å². The molecule has 0 saturated heterocycles. The van der Waals surface area contributed by atoms with E-state index < -0.39 is 6.10 Å². The van der Waals surface area contributed by atoms with E-state index in [0.29, 0.717) is 18.2 Å². The highest BCUT2D eigenvalue weighted by Gasteiger charge is 2.27. The molecule has 1 atom stereocenters. The Bertz CT molecular complexity index is 476. The van der Waals surface area contributed by atoms with Crippen LogP contribution < -0.4 is 4.90 Å². The fraction of sp³-hybridized carbons (Fsp3) is 0.533. The van der Waals surface area contributed by atoms with Crippen LogP contribution in [0.2, 0.25) is 0 Å². The molecule has 0 bridgehead atoms. The van der Waals surface area contributed by atoms with Gasteiger partial charge in [-0.3, -0.25) is 0 Å². The van der Waals surface area contributed by atoms with Crippen molar-refractivity contribution >= 4 is 5.69 Å². The molecule has 4 heteroatoms. The second-order valence-corrected chi connectivity index (χ2v) is 5.06. The molecule has 2 rings (SSSR count). The maximum atomic E-state index is 9.89. The molecule has 1 aromatic rings. The van der Waals surface area contributed by atoms with Gasteiger partial charge in [0.25, 0.3) is 0 Å². The van der Waals surface area contributed by atoms with Crippen LogP contribution in [0.4, 0.5) is 5.69 Å². The van der Waals surface area contributed by atoms with E-state index in [4.69, 9.17) is 5.26 Å². The first-order chi connectivity index (χ1) is 9.17. The summed E-state index contributed by atoms with van der Waals surface area (Å²) in [6.07, 6.45) is 2.84. The van der Waals surface area contributed by atoms with Crippen molar-refractivity contribution in [1.29, 1.82) is 5.26 Å². The molecule has 2 N–H and O–H groups in total. The molecule has 0 amide bonds. The van der Waals surface area contributed by atoms with Crippen LogP contribution in [0, 0.1) is 11.3 Å². The number of nitrogens with zero attached hydrogens (tertiary/aromatic N) is 2. The maximum Gasteiger partial charge on any atom is 0.0992 e. The summed E-state index contributed by atoms with van der Waals surface area (Å²) in [6.45, 7) is 2.34. The molecule has 102 valence electrons. The summed E-state index contributed by atoms with van der Waals surface area (Å²) in [6, 6.07) is 7.90. The zero-order valence-corrected chi connectivity index (χ0v) is 11.2. The fourth-order valence-corrected chi connectivity index (χ4v) is 2.52. The molecule has 0 unspecified atom stereocenters. The Kier molecular flexibility index (Phi) is 4.41. The first-order valence-corrected chi connectivity index (χ1v) is 6.77. The second-order valence-electron chi connectivity index (χ2n) is 5.06. The van der Waals surface area contributed by atoms with Gasteiger partial charge in [0, 0.05) is 23.8 Å². The first kappa shape index (κ1) is 13.9. The Hall–Kier alpha value is -1.57. The van der Waals surface area contributed by atoms with Crippen LogP contribution in [0.5, 0.6) is 0 Å². The monoisotopic (exact) mass is 260 g/mol. The first-order valence-electron chi connectivity index (χ1n) is 6.77. The predicted molar refractivity (Wildman–Crippen MR) is 73.9 cm³/mol. The average molecular weight is 260 g/mol. The van der Waals surface area contributed by atoms with Crippen molar-refractivity contribution in [3.8, 4) is 6.07 Å². The van der Waals surface area contributed by atoms with Gasteiger partial charge in [-0.1, -0.05) is 6.07 Å². The van der Waals surface area contributed by atoms with E-state index in [2.05, 4.69) is 11.0 Å². The van der Waals surface area contributed by atoms with Gasteiger partial charge in [-0.15, -0.1) is 0 Å². The smallest absolute Gasteiger partial charge is 0.0992 e. The molecule has 1 aliphatic carbocycles. The van der Waals surface area contributed by atoms with Crippen LogP contribution in [0.25, 0.3) is 0 Å². The molecule has 4 nitrogen and oxygen atoms in total. The molecule has 1 aliphatic rings. The molecule has 0 spiro atoms. The molecular weight excluding hydrogens is 240 g/mol. The van der Waals surface area contributed by atoms with Crippen LogP contribution >= 0.6 is 0 Å². The van der Waals surface area contributed by atoms with E-state index in [1.807, 2.05) is 12.1 Å². The summed E-state index contributed by atoms with van der Waals surface area (Å²) < 4.78 is 0. The Morgan fingerprint density at radius 3 is 2.68 bits per heavy atom. The third kappa shape index (κ3) is 2.89. The van der Waals surface area contributed by atoms with Crippen LogP contribution in [-0.2, 0) is 0 Å². The Morgan fingerprint density at radius 1 is 1.47 bits per heavy atom. The van der Waals surface area contributed by atoms with Crippen molar-refractivity contribution in [3.63, 3.8) is 0 Å². The van der Waals surface area contributed by atoms with E-state index in [1.54, 1.807) is 13.0 Å². The molecule has 1 fully saturated rings. The highest BCUT2D eigenvalue weighted by atomic mass is 16.3. The minimum atomic E-state index is -0.580. The summed E-state index contributed by atoms with van der Waals surface area (Å²) in [4.78, 5) is 2.13. The zero-order valence-electron chi connectivity index (χ0n) is 11.2. The lowest BCUT2D eigenvalue weighted by Gasteiger charge is -2.40. The van der Waals surface area contributed by atoms with Gasteiger partial charge in [-0.25, -0.2) is 0 Å². The normalized spacial score (nSPS) is 16.5. The van der Waals surface area contributed by atoms with Crippen LogP contribution in [0.1, 0.15) is 43.4 Å². The third-order valence-corrected chi connectivity index (χ3v) is 3.78. The predicted octanol–water partition coefficient (Wildman–Crippen LogP) is 1.96. The van der Waals surface area contributed by atoms with Crippen molar-refractivity contribution in [1.82, 2.24) is 0 Å². The lowest BCUT2D eigenvalue weighted by Crippen LogP contribution is -2.42. The summed E-state index contributed by atoms with van der Waals surface area (Å²) in [7, 11) is 0. The van der Waals surface area contributed by atoms with Gasteiger partial charge in [-0.2, -0.15) is 5.26 Å². The van der Waals surface area contributed by atoms with E-state index in [-0.39, 0.29) is 6.61 Å². The summed E-state index contributed by atoms with van der Waals surface area (Å²) in [5.41, 5.74) is 2.29. The molecule has 0 aliphatic heterocycles. The second kappa shape index (κ2) is 6.05. The van der Waals surface area contributed by atoms with Crippen molar-refractivity contribution < 1.29 is 10.2 Å². The number of hydrogen-bond acceptors (Lipinski definition) is 4. The number of nitriles is 1. The number of aliphatic hydroxyl groups excluding tert-OH is 2. The number of hydrogen-bond donors (Lipinski definition) is 2. The Balaban J connectivity index is 2.40. The highest BCUT2D eigenvalue weighted by molar-refractivity contribution is 5.59. The van der Waals surface area contributed by atoms with Gasteiger partial charge in [0.2, 0.25) is 0 Å². The SMILES string of the molecule is C[C@H](O)c1ccc(C#N)cc1N(CCO)C1CCC1. The molecule has 0 heterocycles. The maximum absolute atomic E-state index is 9.89. The largest absolute Gasteiger partial charge is 0.395 e. The highest BCUT2D eigenvalue weighted by Crippen LogP contribution is 2.34. The van der Waals surface area contributed by atoms with Crippen molar-refractivity contribution in [2.45, 2.75) is 38.3 Å². The summed E-state index contributed by atoms with van der Waals surface area (Å²) >= 11 is 0. The Morgan fingerprint density at radius 2 is 2.21 bits per heavy atom. The summed E-state index contributed by atoms with van der Waals surface area (Å²) in [5, 5.41) is 28.2. The van der Waals surface area contributed by atoms with Gasteiger partial charge >= 0.3 is 0 Å². The number of anilines is 1. The molecule has 19 heavy (non-hydrogen) atoms. The Labute approximate surface area is 113 Å². The summed E-state index contributed by atoms with van der Waals surface area (Å²) in [5.74, 6) is 0. The average Bonchev–Trinajstić information content (AvgIpc) is 2.35. The van der Waals surface area contributed by atoms with Crippen LogP contribution in [0.15, 0.2) is 18.2 Å². The van der Waals surface area contributed by atoms with Crippen LogP contribution in [-0.4, -0.2) is 29.4 Å². The molecule has 0 radical (unpaired) electrons. The number of aliphatic hydroxyl groups is 2. The quantitative estimate of drug-likeness (QED) is 0.849. The molecule has 1 saturated carbocycles. The van der Waals surface area contributed by atoms with Crippen molar-refractivity contribution in [3.05, 3.63) is 29.3 Å². The van der Waals surface area contributed by atoms with Crippen molar-refractivity contribution in [2.24, 2.45) is 0 Å². The number of benzene rings is 1. The van der Waals surface area contributed by atoms with Gasteiger partial charge in [0.15, 0.2) is 0 Å².